The van der Waals surface area contributed by atoms with Crippen LogP contribution in [0.15, 0.2) is 121 Å². The molecule has 170 valence electrons. The molecule has 0 aromatic heterocycles. The summed E-state index contributed by atoms with van der Waals surface area (Å²) >= 11 is 0. The summed E-state index contributed by atoms with van der Waals surface area (Å²) in [4.78, 5) is 0. The zero-order valence-electron chi connectivity index (χ0n) is 20.0. The van der Waals surface area contributed by atoms with Gasteiger partial charge < -0.3 is 5.11 Å². The van der Waals surface area contributed by atoms with Crippen molar-refractivity contribution in [1.29, 1.82) is 0 Å². The third kappa shape index (κ3) is 5.05. The van der Waals surface area contributed by atoms with Crippen LogP contribution in [0.4, 0.5) is 0 Å². The summed E-state index contributed by atoms with van der Waals surface area (Å²) in [7, 11) is -1.35. The van der Waals surface area contributed by atoms with Crippen molar-refractivity contribution in [3.05, 3.63) is 138 Å². The summed E-state index contributed by atoms with van der Waals surface area (Å²) in [5, 5.41) is 10.2. The summed E-state index contributed by atoms with van der Waals surface area (Å²) in [6, 6.07) is 42.0. The van der Waals surface area contributed by atoms with Crippen molar-refractivity contribution in [3.8, 4) is 5.75 Å². The van der Waals surface area contributed by atoms with Crippen LogP contribution in [-0.2, 0) is 5.16 Å². The van der Waals surface area contributed by atoms with Crippen LogP contribution in [0, 0.1) is 0 Å². The van der Waals surface area contributed by atoms with Crippen LogP contribution >= 0.6 is 7.26 Å². The Hall–Kier alpha value is -2.89. The molecule has 0 fully saturated rings. The molecule has 0 N–H and O–H groups in total. The first kappa shape index (κ1) is 24.7. The van der Waals surface area contributed by atoms with Crippen LogP contribution in [0.3, 0.4) is 0 Å². The van der Waals surface area contributed by atoms with Gasteiger partial charge in [-0.3, -0.25) is 0 Å². The zero-order chi connectivity index (χ0) is 23.6. The van der Waals surface area contributed by atoms with Gasteiger partial charge in [-0.05, 0) is 20.8 Å². The van der Waals surface area contributed by atoms with E-state index in [-0.39, 0.29) is 10.9 Å². The number of hydrogen-bond donors (Lipinski definition) is 0. The molecule has 0 saturated heterocycles. The molecule has 1 nitrogen and oxygen atoms in total. The molecule has 0 heterocycles. The molecule has 0 bridgehead atoms. The van der Waals surface area contributed by atoms with Gasteiger partial charge in [-0.25, -0.2) is 0 Å². The van der Waals surface area contributed by atoms with E-state index < -0.39 is 7.26 Å². The Kier molecular flexibility index (Phi) is 8.87. The van der Waals surface area contributed by atoms with E-state index in [0.29, 0.717) is 0 Å². The Morgan fingerprint density at radius 3 is 0.970 bits per heavy atom. The van der Waals surface area contributed by atoms with Crippen molar-refractivity contribution in [1.82, 2.24) is 0 Å². The maximum Gasteiger partial charge on any atom is 0.154 e. The molecule has 0 saturated carbocycles. The second-order valence-corrected chi connectivity index (χ2v) is 13.1. The highest BCUT2D eigenvalue weighted by Gasteiger charge is 2.57. The Labute approximate surface area is 200 Å². The highest BCUT2D eigenvalue weighted by atomic mass is 31.2. The van der Waals surface area contributed by atoms with Crippen molar-refractivity contribution < 1.29 is 5.11 Å². The van der Waals surface area contributed by atoms with Crippen LogP contribution < -0.4 is 5.11 Å². The summed E-state index contributed by atoms with van der Waals surface area (Å²) < 4.78 is 0. The van der Waals surface area contributed by atoms with E-state index in [1.807, 2.05) is 6.07 Å². The molecule has 0 unspecified atom stereocenters. The predicted octanol–water partition coefficient (Wildman–Crippen LogP) is 7.82. The zero-order valence-corrected chi connectivity index (χ0v) is 20.9. The molecule has 4 aromatic carbocycles. The van der Waals surface area contributed by atoms with Gasteiger partial charge in [0.25, 0.3) is 0 Å². The number of para-hydroxylation sites is 1. The van der Waals surface area contributed by atoms with Gasteiger partial charge in [-0.15, -0.1) is 5.75 Å². The van der Waals surface area contributed by atoms with E-state index >= 15 is 0 Å². The van der Waals surface area contributed by atoms with Crippen LogP contribution in [0.25, 0.3) is 0 Å². The highest BCUT2D eigenvalue weighted by Crippen LogP contribution is 2.76. The lowest BCUT2D eigenvalue weighted by Crippen LogP contribution is -2.35. The van der Waals surface area contributed by atoms with Gasteiger partial charge in [0.1, 0.15) is 0 Å². The standard InChI is InChI=1S/C25H30P.C6H6O/c1-4-26(5-2,6-3)25(22-16-10-7-11-17-22,23-18-12-8-13-19-23)24-20-14-9-15-21-24;7-6-4-2-1-3-5-6/h7-21H,4-6H2,1-3H3;1-5,7H/q+1;/p-1. The first-order valence-corrected chi connectivity index (χ1v) is 14.2. The fourth-order valence-electron chi connectivity index (χ4n) is 5.16. The van der Waals surface area contributed by atoms with Crippen LogP contribution in [0.2, 0.25) is 0 Å². The van der Waals surface area contributed by atoms with Crippen LogP contribution in [-0.4, -0.2) is 18.5 Å². The fraction of sp³-hybridized carbons (Fsp3) is 0.226. The molecule has 0 amide bonds. The van der Waals surface area contributed by atoms with E-state index in [1.54, 1.807) is 12.1 Å². The monoisotopic (exact) mass is 454 g/mol. The minimum atomic E-state index is -1.35. The SMILES string of the molecule is CC[P+](CC)(CC)C(c1ccccc1)(c1ccccc1)c1ccccc1.[O-]c1ccccc1. The molecule has 0 spiro atoms. The molecule has 2 heteroatoms. The lowest BCUT2D eigenvalue weighted by Gasteiger charge is -2.45. The fourth-order valence-corrected chi connectivity index (χ4v) is 10.0. The van der Waals surface area contributed by atoms with Gasteiger partial charge in [0.2, 0.25) is 0 Å². The minimum Gasteiger partial charge on any atom is -0.872 e. The van der Waals surface area contributed by atoms with E-state index in [0.717, 1.165) is 0 Å². The first-order chi connectivity index (χ1) is 16.1. The highest BCUT2D eigenvalue weighted by molar-refractivity contribution is 7.77. The quantitative estimate of drug-likeness (QED) is 0.206. The Morgan fingerprint density at radius 1 is 0.485 bits per heavy atom. The average molecular weight is 455 g/mol. The van der Waals surface area contributed by atoms with Crippen LogP contribution in [0.5, 0.6) is 5.75 Å². The Morgan fingerprint density at radius 2 is 0.758 bits per heavy atom. The topological polar surface area (TPSA) is 23.1 Å². The Balaban J connectivity index is 0.000000374. The van der Waals surface area contributed by atoms with E-state index in [4.69, 9.17) is 0 Å². The largest absolute Gasteiger partial charge is 0.872 e. The number of benzene rings is 4. The maximum absolute atomic E-state index is 10.3. The maximum atomic E-state index is 10.3. The minimum absolute atomic E-state index is 0.0466. The normalized spacial score (nSPS) is 11.4. The molecule has 0 radical (unpaired) electrons. The second-order valence-electron chi connectivity index (χ2n) is 8.22. The molecule has 0 aliphatic heterocycles. The van der Waals surface area contributed by atoms with Crippen molar-refractivity contribution in [2.75, 3.05) is 18.5 Å². The Bertz CT molecular complexity index is 954. The van der Waals surface area contributed by atoms with Gasteiger partial charge in [0.15, 0.2) is 5.16 Å². The van der Waals surface area contributed by atoms with Crippen molar-refractivity contribution >= 4 is 7.26 Å². The van der Waals surface area contributed by atoms with Gasteiger partial charge in [-0.1, -0.05) is 121 Å². The summed E-state index contributed by atoms with van der Waals surface area (Å²) in [6.45, 7) is 7.22. The van der Waals surface area contributed by atoms with Crippen molar-refractivity contribution in [2.45, 2.75) is 25.9 Å². The molecule has 0 aliphatic carbocycles. The van der Waals surface area contributed by atoms with Gasteiger partial charge in [0, 0.05) is 24.0 Å². The van der Waals surface area contributed by atoms with Crippen LogP contribution in [0.1, 0.15) is 37.5 Å². The molecule has 4 rings (SSSR count). The molecule has 4 aromatic rings. The molecule has 0 aliphatic rings. The predicted molar refractivity (Wildman–Crippen MR) is 144 cm³/mol. The molecular formula is C31H35OP. The third-order valence-electron chi connectivity index (χ3n) is 6.85. The number of rotatable bonds is 7. The third-order valence-corrected chi connectivity index (χ3v) is 12.7. The van der Waals surface area contributed by atoms with E-state index in [2.05, 4.69) is 112 Å². The van der Waals surface area contributed by atoms with Crippen molar-refractivity contribution in [3.63, 3.8) is 0 Å². The molecule has 0 atom stereocenters. The average Bonchev–Trinajstić information content (AvgIpc) is 2.90. The van der Waals surface area contributed by atoms with E-state index in [9.17, 15) is 5.11 Å². The second kappa shape index (κ2) is 11.8. The van der Waals surface area contributed by atoms with Crippen molar-refractivity contribution in [2.24, 2.45) is 0 Å². The molecular weight excluding hydrogens is 419 g/mol. The van der Waals surface area contributed by atoms with Gasteiger partial charge in [-0.2, -0.15) is 0 Å². The lowest BCUT2D eigenvalue weighted by molar-refractivity contribution is -0.268. The van der Waals surface area contributed by atoms with Gasteiger partial charge in [0.05, 0.1) is 18.5 Å². The molecule has 33 heavy (non-hydrogen) atoms. The summed E-state index contributed by atoms with van der Waals surface area (Å²) in [6.07, 6.45) is 3.75. The first-order valence-electron chi connectivity index (χ1n) is 11.9. The number of hydrogen-bond acceptors (Lipinski definition) is 1. The summed E-state index contributed by atoms with van der Waals surface area (Å²) in [5.74, 6) is 0.0718. The summed E-state index contributed by atoms with van der Waals surface area (Å²) in [5.41, 5.74) is 4.32. The van der Waals surface area contributed by atoms with Gasteiger partial charge >= 0.3 is 0 Å². The van der Waals surface area contributed by atoms with E-state index in [1.165, 1.54) is 47.3 Å². The smallest absolute Gasteiger partial charge is 0.154 e. The lowest BCUT2D eigenvalue weighted by atomic mass is 9.84.